The van der Waals surface area contributed by atoms with Gasteiger partial charge in [0.25, 0.3) is 0 Å². The zero-order valence-electron chi connectivity index (χ0n) is 3.64. The Kier molecular flexibility index (Phi) is 1.53. The molecule has 0 aliphatic carbocycles. The summed E-state index contributed by atoms with van der Waals surface area (Å²) >= 11 is 0. The van der Waals surface area contributed by atoms with E-state index in [2.05, 4.69) is 0 Å². The van der Waals surface area contributed by atoms with Gasteiger partial charge in [-0.2, -0.15) is 0 Å². The van der Waals surface area contributed by atoms with E-state index in [1.54, 1.807) is 0 Å². The molecular formula is C3H7BO2. The lowest BCUT2D eigenvalue weighted by Gasteiger charge is -2.08. The Labute approximate surface area is 37.7 Å². The summed E-state index contributed by atoms with van der Waals surface area (Å²) in [6.45, 7) is 2.25. The van der Waals surface area contributed by atoms with Crippen LogP contribution in [-0.4, -0.2) is 27.1 Å². The lowest BCUT2D eigenvalue weighted by Crippen LogP contribution is -2.19. The highest BCUT2D eigenvalue weighted by Gasteiger charge is 1.97. The van der Waals surface area contributed by atoms with Crippen LogP contribution in [0.15, 0.2) is 0 Å². The molecular weight excluding hydrogens is 78.8 g/mol. The highest BCUT2D eigenvalue weighted by atomic mass is 16.7. The van der Waals surface area contributed by atoms with Crippen LogP contribution in [0.2, 0.25) is 0 Å². The van der Waals surface area contributed by atoms with E-state index in [9.17, 15) is 0 Å². The smallest absolute Gasteiger partial charge is 0.185 e. The Bertz CT molecular complexity index is 24.3. The van der Waals surface area contributed by atoms with E-state index in [1.165, 1.54) is 0 Å². The van der Waals surface area contributed by atoms with Crippen molar-refractivity contribution in [2.75, 3.05) is 19.8 Å². The van der Waals surface area contributed by atoms with E-state index in [0.717, 1.165) is 20.3 Å². The molecule has 0 N–H and O–H groups in total. The third-order valence-electron chi connectivity index (χ3n) is 0.744. The van der Waals surface area contributed by atoms with Gasteiger partial charge in [0.2, 0.25) is 0 Å². The molecule has 0 unspecified atom stereocenters. The molecule has 0 bridgehead atoms. The molecule has 0 aromatic rings. The van der Waals surface area contributed by atoms with Crippen LogP contribution in [0.3, 0.4) is 0 Å². The molecule has 1 aliphatic heterocycles. The standard InChI is InChI=1S/C3H7BO2/c1-4-2-6-3-5-1/h4H,1-3H2. The largest absolute Gasteiger partial charge is 0.364 e. The van der Waals surface area contributed by atoms with Crippen molar-refractivity contribution in [3.63, 3.8) is 0 Å². The first-order chi connectivity index (χ1) is 3.00. The summed E-state index contributed by atoms with van der Waals surface area (Å²) in [4.78, 5) is 0. The van der Waals surface area contributed by atoms with E-state index in [-0.39, 0.29) is 0 Å². The van der Waals surface area contributed by atoms with Crippen LogP contribution in [0.1, 0.15) is 0 Å². The van der Waals surface area contributed by atoms with Gasteiger partial charge in [-0.25, -0.2) is 0 Å². The van der Waals surface area contributed by atoms with Crippen molar-refractivity contribution in [3.05, 3.63) is 0 Å². The molecule has 6 heavy (non-hydrogen) atoms. The topological polar surface area (TPSA) is 18.5 Å². The van der Waals surface area contributed by atoms with Crippen molar-refractivity contribution in [2.45, 2.75) is 0 Å². The maximum absolute atomic E-state index is 4.85. The fourth-order valence-corrected chi connectivity index (χ4v) is 0.440. The molecule has 0 aromatic carbocycles. The zero-order chi connectivity index (χ0) is 4.24. The van der Waals surface area contributed by atoms with Crippen molar-refractivity contribution in [1.29, 1.82) is 0 Å². The Balaban J connectivity index is 2.00. The lowest BCUT2D eigenvalue weighted by molar-refractivity contribution is -0.0389. The normalized spacial score (nSPS) is 22.7. The fourth-order valence-electron chi connectivity index (χ4n) is 0.440. The Morgan fingerprint density at radius 3 is 2.00 bits per heavy atom. The van der Waals surface area contributed by atoms with Crippen LogP contribution in [0.4, 0.5) is 0 Å². The molecule has 1 fully saturated rings. The number of hydrogen-bond donors (Lipinski definition) is 0. The van der Waals surface area contributed by atoms with E-state index in [4.69, 9.17) is 9.47 Å². The maximum Gasteiger partial charge on any atom is 0.185 e. The molecule has 0 spiro atoms. The van der Waals surface area contributed by atoms with Crippen LogP contribution < -0.4 is 0 Å². The van der Waals surface area contributed by atoms with Gasteiger partial charge in [0.15, 0.2) is 7.28 Å². The van der Waals surface area contributed by atoms with E-state index < -0.39 is 0 Å². The highest BCUT2D eigenvalue weighted by molar-refractivity contribution is 6.35. The summed E-state index contributed by atoms with van der Waals surface area (Å²) in [7, 11) is 1.06. The number of ether oxygens (including phenoxy) is 2. The first-order valence-corrected chi connectivity index (χ1v) is 2.15. The average Bonchev–Trinajstić information content (AvgIpc) is 1.72. The highest BCUT2D eigenvalue weighted by Crippen LogP contribution is 1.82. The summed E-state index contributed by atoms with van der Waals surface area (Å²) in [6, 6.07) is 0. The molecule has 0 amide bonds. The van der Waals surface area contributed by atoms with Crippen LogP contribution in [0.5, 0.6) is 0 Å². The second-order valence-corrected chi connectivity index (χ2v) is 1.29. The van der Waals surface area contributed by atoms with Gasteiger partial charge in [-0.05, 0) is 0 Å². The van der Waals surface area contributed by atoms with Crippen molar-refractivity contribution in [3.8, 4) is 0 Å². The SMILES string of the molecule is B1COCOC1. The van der Waals surface area contributed by atoms with Gasteiger partial charge in [0.1, 0.15) is 6.79 Å². The van der Waals surface area contributed by atoms with Gasteiger partial charge in [0, 0.05) is 13.0 Å². The van der Waals surface area contributed by atoms with Gasteiger partial charge in [-0.1, -0.05) is 0 Å². The van der Waals surface area contributed by atoms with Crippen LogP contribution in [0.25, 0.3) is 0 Å². The maximum atomic E-state index is 4.85. The van der Waals surface area contributed by atoms with Crippen molar-refractivity contribution >= 4 is 7.28 Å². The first kappa shape index (κ1) is 4.15. The van der Waals surface area contributed by atoms with Gasteiger partial charge >= 0.3 is 0 Å². The van der Waals surface area contributed by atoms with Gasteiger partial charge in [0.05, 0.1) is 0 Å². The van der Waals surface area contributed by atoms with E-state index in [1.807, 2.05) is 0 Å². The third-order valence-corrected chi connectivity index (χ3v) is 0.744. The molecule has 1 rings (SSSR count). The second-order valence-electron chi connectivity index (χ2n) is 1.29. The summed E-state index contributed by atoms with van der Waals surface area (Å²) in [5.74, 6) is 0. The van der Waals surface area contributed by atoms with Gasteiger partial charge < -0.3 is 9.47 Å². The molecule has 0 aromatic heterocycles. The third kappa shape index (κ3) is 0.991. The predicted molar refractivity (Wildman–Crippen MR) is 23.9 cm³/mol. The quantitative estimate of drug-likeness (QED) is 0.364. The summed E-state index contributed by atoms with van der Waals surface area (Å²) in [5, 5.41) is 0. The van der Waals surface area contributed by atoms with Crippen LogP contribution in [0, 0.1) is 0 Å². The molecule has 1 heterocycles. The Morgan fingerprint density at radius 2 is 1.83 bits per heavy atom. The molecule has 2 nitrogen and oxygen atoms in total. The fraction of sp³-hybridized carbons (Fsp3) is 1.00. The monoisotopic (exact) mass is 86.1 g/mol. The molecule has 1 saturated heterocycles. The minimum absolute atomic E-state index is 0.500. The van der Waals surface area contributed by atoms with E-state index >= 15 is 0 Å². The second kappa shape index (κ2) is 2.21. The van der Waals surface area contributed by atoms with Crippen molar-refractivity contribution < 1.29 is 9.47 Å². The molecule has 3 heteroatoms. The predicted octanol–water partition coefficient (Wildman–Crippen LogP) is -0.658. The summed E-state index contributed by atoms with van der Waals surface area (Å²) in [6.07, 6.45) is 0. The van der Waals surface area contributed by atoms with Crippen molar-refractivity contribution in [1.82, 2.24) is 0 Å². The number of rotatable bonds is 0. The first-order valence-electron chi connectivity index (χ1n) is 2.15. The zero-order valence-corrected chi connectivity index (χ0v) is 3.64. The molecule has 0 atom stereocenters. The van der Waals surface area contributed by atoms with Crippen LogP contribution in [-0.2, 0) is 9.47 Å². The summed E-state index contributed by atoms with van der Waals surface area (Å²) in [5.41, 5.74) is 0. The molecule has 1 aliphatic rings. The van der Waals surface area contributed by atoms with Gasteiger partial charge in [-0.15, -0.1) is 0 Å². The minimum atomic E-state index is 0.500. The Hall–Kier alpha value is -0.0151. The summed E-state index contributed by atoms with van der Waals surface area (Å²) < 4.78 is 9.69. The molecule has 34 valence electrons. The Morgan fingerprint density at radius 1 is 1.17 bits per heavy atom. The minimum Gasteiger partial charge on any atom is -0.364 e. The lowest BCUT2D eigenvalue weighted by atomic mass is 9.82. The molecule has 0 saturated carbocycles. The molecule has 0 radical (unpaired) electrons. The van der Waals surface area contributed by atoms with Gasteiger partial charge in [-0.3, -0.25) is 0 Å². The number of hydrogen-bond acceptors (Lipinski definition) is 2. The van der Waals surface area contributed by atoms with Crippen molar-refractivity contribution in [2.24, 2.45) is 0 Å². The average molecular weight is 85.9 g/mol. The van der Waals surface area contributed by atoms with E-state index in [0.29, 0.717) is 6.79 Å². The van der Waals surface area contributed by atoms with Crippen LogP contribution >= 0.6 is 0 Å².